The number of carbonyl (C=O) groups excluding carboxylic acids is 1. The summed E-state index contributed by atoms with van der Waals surface area (Å²) >= 11 is 0. The third kappa shape index (κ3) is 4.71. The Bertz CT molecular complexity index is 892. The second-order valence-electron chi connectivity index (χ2n) is 6.67. The van der Waals surface area contributed by atoms with Gasteiger partial charge in [0.2, 0.25) is 0 Å². The van der Waals surface area contributed by atoms with E-state index in [4.69, 9.17) is 9.47 Å². The van der Waals surface area contributed by atoms with Crippen LogP contribution < -0.4 is 20.3 Å². The number of ether oxygens (including phenoxy) is 2. The molecule has 1 heterocycles. The van der Waals surface area contributed by atoms with E-state index in [1.54, 1.807) is 24.3 Å². The molecule has 28 heavy (non-hydrogen) atoms. The zero-order valence-corrected chi connectivity index (χ0v) is 16.5. The predicted octanol–water partition coefficient (Wildman–Crippen LogP) is 2.35. The lowest BCUT2D eigenvalue weighted by atomic mass is 9.97. The lowest BCUT2D eigenvalue weighted by Gasteiger charge is -2.16. The van der Waals surface area contributed by atoms with Crippen LogP contribution in [0.4, 0.5) is 0 Å². The maximum Gasteiger partial charge on any atom is 0.267 e. The molecule has 7 heteroatoms. The molecule has 150 valence electrons. The third-order valence-corrected chi connectivity index (χ3v) is 4.69. The number of rotatable bonds is 8. The van der Waals surface area contributed by atoms with Crippen LogP contribution in [0.1, 0.15) is 48.3 Å². The topological polar surface area (TPSA) is 82.5 Å². The van der Waals surface area contributed by atoms with Gasteiger partial charge >= 0.3 is 0 Å². The molecule has 0 bridgehead atoms. The van der Waals surface area contributed by atoms with E-state index in [9.17, 15) is 9.59 Å². The van der Waals surface area contributed by atoms with Gasteiger partial charge in [-0.05, 0) is 63.3 Å². The summed E-state index contributed by atoms with van der Waals surface area (Å²) in [5.74, 6) is 0.935. The normalized spacial score (nSPS) is 12.9. The predicted molar refractivity (Wildman–Crippen MR) is 106 cm³/mol. The number of nitrogens with one attached hydrogen (secondary N) is 1. The van der Waals surface area contributed by atoms with Gasteiger partial charge in [0, 0.05) is 18.2 Å². The third-order valence-electron chi connectivity index (χ3n) is 4.69. The van der Waals surface area contributed by atoms with Gasteiger partial charge in [-0.2, -0.15) is 5.10 Å². The highest BCUT2D eigenvalue weighted by Crippen LogP contribution is 2.28. The number of benzene rings is 1. The minimum atomic E-state index is -0.227. The highest BCUT2D eigenvalue weighted by molar-refractivity contribution is 5.94. The van der Waals surface area contributed by atoms with E-state index in [2.05, 4.69) is 10.4 Å². The van der Waals surface area contributed by atoms with Crippen molar-refractivity contribution in [3.8, 4) is 11.5 Å². The highest BCUT2D eigenvalue weighted by Gasteiger charge is 2.14. The summed E-state index contributed by atoms with van der Waals surface area (Å²) in [5, 5.41) is 7.31. The summed E-state index contributed by atoms with van der Waals surface area (Å²) in [6.07, 6.45) is 4.05. The molecule has 1 aromatic carbocycles. The first-order valence-corrected chi connectivity index (χ1v) is 9.90. The van der Waals surface area contributed by atoms with Gasteiger partial charge in [-0.1, -0.05) is 0 Å². The van der Waals surface area contributed by atoms with Crippen molar-refractivity contribution in [1.82, 2.24) is 15.1 Å². The van der Waals surface area contributed by atoms with Crippen LogP contribution >= 0.6 is 0 Å². The van der Waals surface area contributed by atoms with Gasteiger partial charge in [0.25, 0.3) is 11.5 Å². The lowest BCUT2D eigenvalue weighted by molar-refractivity contribution is 0.0951. The molecule has 0 unspecified atom stereocenters. The molecular weight excluding hydrogens is 358 g/mol. The number of carbonyl (C=O) groups is 1. The van der Waals surface area contributed by atoms with Gasteiger partial charge in [-0.15, -0.1) is 0 Å². The fourth-order valence-corrected chi connectivity index (χ4v) is 3.33. The van der Waals surface area contributed by atoms with E-state index in [1.165, 1.54) is 4.68 Å². The molecule has 0 fully saturated rings. The van der Waals surface area contributed by atoms with E-state index in [0.29, 0.717) is 43.4 Å². The molecule has 1 aliphatic rings. The SMILES string of the molecule is CCOc1ccc(C(=O)NCCn2nc3c(cc2=O)CCCC3)cc1OCC. The van der Waals surface area contributed by atoms with Gasteiger partial charge in [0.1, 0.15) is 0 Å². The second-order valence-corrected chi connectivity index (χ2v) is 6.67. The van der Waals surface area contributed by atoms with Crippen LogP contribution in [0, 0.1) is 0 Å². The fourth-order valence-electron chi connectivity index (χ4n) is 3.33. The van der Waals surface area contributed by atoms with Crippen LogP contribution in [-0.4, -0.2) is 35.4 Å². The van der Waals surface area contributed by atoms with Gasteiger partial charge in [-0.3, -0.25) is 9.59 Å². The molecule has 7 nitrogen and oxygen atoms in total. The van der Waals surface area contributed by atoms with Crippen LogP contribution in [-0.2, 0) is 19.4 Å². The summed E-state index contributed by atoms with van der Waals surface area (Å²) in [6, 6.07) is 6.79. The van der Waals surface area contributed by atoms with Crippen LogP contribution in [0.3, 0.4) is 0 Å². The van der Waals surface area contributed by atoms with E-state index in [1.807, 2.05) is 13.8 Å². The molecule has 2 aromatic rings. The molecule has 1 amide bonds. The average Bonchev–Trinajstić information content (AvgIpc) is 2.70. The molecule has 0 saturated heterocycles. The molecule has 0 spiro atoms. The molecule has 1 N–H and O–H groups in total. The quantitative estimate of drug-likeness (QED) is 0.754. The summed E-state index contributed by atoms with van der Waals surface area (Å²) in [7, 11) is 0. The molecule has 0 aliphatic heterocycles. The molecule has 1 aromatic heterocycles. The lowest BCUT2D eigenvalue weighted by Crippen LogP contribution is -2.33. The number of amides is 1. The molecule has 0 saturated carbocycles. The van der Waals surface area contributed by atoms with Crippen molar-refractivity contribution in [2.75, 3.05) is 19.8 Å². The number of nitrogens with zero attached hydrogens (tertiary/aromatic N) is 2. The Labute approximate surface area is 164 Å². The first kappa shape index (κ1) is 19.9. The molecular formula is C21H27N3O4. The van der Waals surface area contributed by atoms with Gasteiger partial charge in [0.05, 0.1) is 25.5 Å². The number of fused-ring (bicyclic) bond motifs is 1. The standard InChI is InChI=1S/C21H27N3O4/c1-3-27-18-10-9-16(13-19(18)28-4-2)21(26)22-11-12-24-20(25)14-15-7-5-6-8-17(15)23-24/h9-10,13-14H,3-8,11-12H2,1-2H3,(H,22,26). The Hall–Kier alpha value is -2.83. The van der Waals surface area contributed by atoms with E-state index in [0.717, 1.165) is 36.9 Å². The Kier molecular flexibility index (Phi) is 6.68. The van der Waals surface area contributed by atoms with Crippen molar-refractivity contribution in [1.29, 1.82) is 0 Å². The van der Waals surface area contributed by atoms with Crippen molar-refractivity contribution >= 4 is 5.91 Å². The van der Waals surface area contributed by atoms with Crippen molar-refractivity contribution in [3.63, 3.8) is 0 Å². The van der Waals surface area contributed by atoms with Crippen LogP contribution in [0.2, 0.25) is 0 Å². The Morgan fingerprint density at radius 3 is 2.64 bits per heavy atom. The second kappa shape index (κ2) is 9.39. The number of hydrogen-bond acceptors (Lipinski definition) is 5. The van der Waals surface area contributed by atoms with Crippen LogP contribution in [0.15, 0.2) is 29.1 Å². The smallest absolute Gasteiger partial charge is 0.267 e. The fraction of sp³-hybridized carbons (Fsp3) is 0.476. The van der Waals surface area contributed by atoms with Crippen LogP contribution in [0.25, 0.3) is 0 Å². The van der Waals surface area contributed by atoms with Crippen molar-refractivity contribution in [2.45, 2.75) is 46.1 Å². The molecule has 0 atom stereocenters. The Morgan fingerprint density at radius 2 is 1.86 bits per heavy atom. The molecule has 0 radical (unpaired) electrons. The molecule has 3 rings (SSSR count). The van der Waals surface area contributed by atoms with E-state index in [-0.39, 0.29) is 11.5 Å². The Balaban J connectivity index is 1.63. The summed E-state index contributed by atoms with van der Waals surface area (Å²) in [6.45, 7) is 5.44. The number of aryl methyl sites for hydroxylation is 2. The Morgan fingerprint density at radius 1 is 1.11 bits per heavy atom. The van der Waals surface area contributed by atoms with E-state index < -0.39 is 0 Å². The zero-order chi connectivity index (χ0) is 19.9. The van der Waals surface area contributed by atoms with Crippen molar-refractivity contribution in [2.24, 2.45) is 0 Å². The summed E-state index contributed by atoms with van der Waals surface area (Å²) in [5.41, 5.74) is 2.44. The summed E-state index contributed by atoms with van der Waals surface area (Å²) < 4.78 is 12.5. The molecule has 1 aliphatic carbocycles. The van der Waals surface area contributed by atoms with Crippen molar-refractivity contribution < 1.29 is 14.3 Å². The van der Waals surface area contributed by atoms with Gasteiger partial charge < -0.3 is 14.8 Å². The number of aromatic nitrogens is 2. The maximum absolute atomic E-state index is 12.5. The first-order chi connectivity index (χ1) is 13.6. The zero-order valence-electron chi connectivity index (χ0n) is 16.5. The average molecular weight is 385 g/mol. The van der Waals surface area contributed by atoms with Crippen LogP contribution in [0.5, 0.6) is 11.5 Å². The highest BCUT2D eigenvalue weighted by atomic mass is 16.5. The first-order valence-electron chi connectivity index (χ1n) is 9.90. The van der Waals surface area contributed by atoms with Gasteiger partial charge in [0.15, 0.2) is 11.5 Å². The number of hydrogen-bond donors (Lipinski definition) is 1. The minimum Gasteiger partial charge on any atom is -0.490 e. The van der Waals surface area contributed by atoms with E-state index >= 15 is 0 Å². The van der Waals surface area contributed by atoms with Crippen molar-refractivity contribution in [3.05, 3.63) is 51.4 Å². The largest absolute Gasteiger partial charge is 0.490 e. The summed E-state index contributed by atoms with van der Waals surface area (Å²) in [4.78, 5) is 24.7. The maximum atomic E-state index is 12.5. The minimum absolute atomic E-state index is 0.116. The monoisotopic (exact) mass is 385 g/mol. The van der Waals surface area contributed by atoms with Gasteiger partial charge in [-0.25, -0.2) is 4.68 Å².